The van der Waals surface area contributed by atoms with Crippen molar-refractivity contribution in [2.24, 2.45) is 5.92 Å². The molecule has 0 N–H and O–H groups in total. The number of nitrogens with zero attached hydrogens (tertiary/aromatic N) is 3. The van der Waals surface area contributed by atoms with Gasteiger partial charge in [0.05, 0.1) is 13.2 Å². The van der Waals surface area contributed by atoms with Gasteiger partial charge in [-0.3, -0.25) is 4.79 Å². The predicted molar refractivity (Wildman–Crippen MR) is 102 cm³/mol. The van der Waals surface area contributed by atoms with Gasteiger partial charge in [0.15, 0.2) is 5.82 Å². The van der Waals surface area contributed by atoms with Crippen molar-refractivity contribution in [3.05, 3.63) is 24.3 Å². The molecule has 1 unspecified atom stereocenters. The van der Waals surface area contributed by atoms with E-state index >= 15 is 0 Å². The number of aromatic nitrogens is 3. The second-order valence-electron chi connectivity index (χ2n) is 6.61. The van der Waals surface area contributed by atoms with Crippen LogP contribution in [0.5, 0.6) is 11.8 Å². The third kappa shape index (κ3) is 4.84. The highest BCUT2D eigenvalue weighted by Crippen LogP contribution is 2.26. The Morgan fingerprint density at radius 3 is 2.65 bits per heavy atom. The van der Waals surface area contributed by atoms with E-state index in [0.29, 0.717) is 11.6 Å². The fourth-order valence-electron chi connectivity index (χ4n) is 2.78. The van der Waals surface area contributed by atoms with Crippen molar-refractivity contribution >= 4 is 5.91 Å². The number of benzene rings is 1. The molecule has 1 aromatic carbocycles. The summed E-state index contributed by atoms with van der Waals surface area (Å²) in [6.45, 7) is 7.97. The van der Waals surface area contributed by atoms with Crippen molar-refractivity contribution in [3.8, 4) is 23.1 Å². The number of carbonyl (C=O) groups is 1. The molecule has 0 saturated heterocycles. The lowest BCUT2D eigenvalue weighted by Gasteiger charge is -2.14. The Balaban J connectivity index is 2.45. The van der Waals surface area contributed by atoms with Crippen molar-refractivity contribution in [1.29, 1.82) is 0 Å². The minimum atomic E-state index is -0.0760. The molecule has 1 heterocycles. The van der Waals surface area contributed by atoms with E-state index in [0.717, 1.165) is 31.2 Å². The molecule has 6 nitrogen and oxygen atoms in total. The van der Waals surface area contributed by atoms with E-state index in [2.05, 4.69) is 17.0 Å². The third-order valence-corrected chi connectivity index (χ3v) is 4.21. The molecule has 142 valence electrons. The van der Waals surface area contributed by atoms with Gasteiger partial charge in [-0.05, 0) is 38.8 Å². The Morgan fingerprint density at radius 1 is 1.27 bits per heavy atom. The van der Waals surface area contributed by atoms with Crippen LogP contribution in [0.4, 0.5) is 0 Å². The van der Waals surface area contributed by atoms with Gasteiger partial charge in [0.2, 0.25) is 0 Å². The second-order valence-corrected chi connectivity index (χ2v) is 6.61. The Kier molecular flexibility index (Phi) is 7.18. The lowest BCUT2D eigenvalue weighted by Crippen LogP contribution is -2.23. The van der Waals surface area contributed by atoms with Gasteiger partial charge in [0.25, 0.3) is 5.91 Å². The number of ether oxygens (including phenoxy) is 2. The molecule has 0 aliphatic carbocycles. The zero-order valence-corrected chi connectivity index (χ0v) is 16.4. The van der Waals surface area contributed by atoms with E-state index in [1.807, 2.05) is 45.0 Å². The fourth-order valence-corrected chi connectivity index (χ4v) is 2.78. The first-order valence-electron chi connectivity index (χ1n) is 9.32. The summed E-state index contributed by atoms with van der Waals surface area (Å²) in [5.41, 5.74) is 0.772. The molecule has 0 bridgehead atoms. The van der Waals surface area contributed by atoms with Crippen molar-refractivity contribution in [2.75, 3.05) is 7.11 Å². The molecular formula is C20H29N3O3. The number of rotatable bonds is 9. The van der Waals surface area contributed by atoms with Crippen LogP contribution in [0.3, 0.4) is 0 Å². The zero-order valence-electron chi connectivity index (χ0n) is 16.4. The van der Waals surface area contributed by atoms with E-state index in [-0.39, 0.29) is 23.9 Å². The van der Waals surface area contributed by atoms with Gasteiger partial charge in [0, 0.05) is 11.5 Å². The standard InChI is InChI=1S/C20H29N3O3/c1-6-8-10-15(7-2)19(24)23-18(21-20(22-23)26-14(3)4)16-11-9-12-17(13-16)25-5/h9,11-15H,6-8,10H2,1-5H3. The zero-order chi connectivity index (χ0) is 19.1. The minimum absolute atomic E-state index is 0.0372. The van der Waals surface area contributed by atoms with Gasteiger partial charge in [-0.25, -0.2) is 0 Å². The summed E-state index contributed by atoms with van der Waals surface area (Å²) < 4.78 is 12.3. The monoisotopic (exact) mass is 359 g/mol. The molecule has 6 heteroatoms. The molecule has 0 aliphatic heterocycles. The number of hydrogen-bond acceptors (Lipinski definition) is 5. The van der Waals surface area contributed by atoms with Crippen LogP contribution in [0.15, 0.2) is 24.3 Å². The van der Waals surface area contributed by atoms with Gasteiger partial charge in [0.1, 0.15) is 5.75 Å². The first-order valence-corrected chi connectivity index (χ1v) is 9.32. The molecule has 0 amide bonds. The summed E-state index contributed by atoms with van der Waals surface area (Å²) in [6, 6.07) is 7.68. The smallest absolute Gasteiger partial charge is 0.336 e. The van der Waals surface area contributed by atoms with Crippen molar-refractivity contribution in [3.63, 3.8) is 0 Å². The van der Waals surface area contributed by atoms with Gasteiger partial charge in [-0.15, -0.1) is 5.10 Å². The number of carbonyl (C=O) groups excluding carboxylic acids is 1. The molecule has 0 saturated carbocycles. The molecule has 1 aromatic heterocycles. The summed E-state index contributed by atoms with van der Waals surface area (Å²) >= 11 is 0. The third-order valence-electron chi connectivity index (χ3n) is 4.21. The first kappa shape index (κ1) is 19.9. The lowest BCUT2D eigenvalue weighted by atomic mass is 9.98. The summed E-state index contributed by atoms with van der Waals surface area (Å²) in [7, 11) is 1.61. The average Bonchev–Trinajstić information content (AvgIpc) is 3.05. The van der Waals surface area contributed by atoms with Gasteiger partial charge < -0.3 is 9.47 Å². The number of unbranched alkanes of at least 4 members (excludes halogenated alkanes) is 1. The molecule has 0 spiro atoms. The van der Waals surface area contributed by atoms with Crippen LogP contribution in [0.25, 0.3) is 11.4 Å². The Hall–Kier alpha value is -2.37. The summed E-state index contributed by atoms with van der Waals surface area (Å²) in [5, 5.41) is 4.35. The van der Waals surface area contributed by atoms with Crippen LogP contribution < -0.4 is 9.47 Å². The van der Waals surface area contributed by atoms with Gasteiger partial charge in [-0.2, -0.15) is 9.67 Å². The van der Waals surface area contributed by atoms with Crippen LogP contribution in [0, 0.1) is 5.92 Å². The largest absolute Gasteiger partial charge is 0.497 e. The van der Waals surface area contributed by atoms with Gasteiger partial charge in [-0.1, -0.05) is 38.8 Å². The van der Waals surface area contributed by atoms with E-state index in [9.17, 15) is 4.79 Å². The quantitative estimate of drug-likeness (QED) is 0.655. The number of hydrogen-bond donors (Lipinski definition) is 0. The van der Waals surface area contributed by atoms with Gasteiger partial charge >= 0.3 is 6.01 Å². The summed E-state index contributed by atoms with van der Waals surface area (Å²) in [5.74, 6) is 1.08. The molecule has 2 rings (SSSR count). The molecular weight excluding hydrogens is 330 g/mol. The highest BCUT2D eigenvalue weighted by Gasteiger charge is 2.25. The Bertz CT molecular complexity index is 725. The summed E-state index contributed by atoms with van der Waals surface area (Å²) in [6.07, 6.45) is 3.63. The van der Waals surface area contributed by atoms with Crippen LogP contribution in [-0.2, 0) is 0 Å². The van der Waals surface area contributed by atoms with Crippen LogP contribution in [-0.4, -0.2) is 33.9 Å². The molecule has 0 radical (unpaired) electrons. The first-order chi connectivity index (χ1) is 12.5. The molecule has 1 atom stereocenters. The Morgan fingerprint density at radius 2 is 2.04 bits per heavy atom. The normalized spacial score (nSPS) is 12.2. The van der Waals surface area contributed by atoms with E-state index in [1.165, 1.54) is 4.68 Å². The second kappa shape index (κ2) is 9.36. The maximum absolute atomic E-state index is 13.1. The SMILES string of the molecule is CCCCC(CC)C(=O)n1nc(OC(C)C)nc1-c1cccc(OC)c1. The maximum atomic E-state index is 13.1. The highest BCUT2D eigenvalue weighted by molar-refractivity contribution is 5.84. The maximum Gasteiger partial charge on any atom is 0.336 e. The Labute approximate surface area is 155 Å². The van der Waals surface area contributed by atoms with E-state index < -0.39 is 0 Å². The average molecular weight is 359 g/mol. The van der Waals surface area contributed by atoms with Crippen LogP contribution >= 0.6 is 0 Å². The van der Waals surface area contributed by atoms with Crippen LogP contribution in [0.1, 0.15) is 58.2 Å². The lowest BCUT2D eigenvalue weighted by molar-refractivity contribution is 0.0803. The highest BCUT2D eigenvalue weighted by atomic mass is 16.5. The van der Waals surface area contributed by atoms with Crippen molar-refractivity contribution < 1.29 is 14.3 Å². The minimum Gasteiger partial charge on any atom is -0.497 e. The predicted octanol–water partition coefficient (Wildman–Crippen LogP) is 4.60. The molecule has 0 fully saturated rings. The number of methoxy groups -OCH3 is 1. The van der Waals surface area contributed by atoms with Crippen LogP contribution in [0.2, 0.25) is 0 Å². The topological polar surface area (TPSA) is 66.2 Å². The van der Waals surface area contributed by atoms with E-state index in [4.69, 9.17) is 9.47 Å². The van der Waals surface area contributed by atoms with Crippen molar-refractivity contribution in [2.45, 2.75) is 59.5 Å². The molecule has 0 aliphatic rings. The fraction of sp³-hybridized carbons (Fsp3) is 0.550. The molecule has 2 aromatic rings. The van der Waals surface area contributed by atoms with E-state index in [1.54, 1.807) is 7.11 Å². The summed E-state index contributed by atoms with van der Waals surface area (Å²) in [4.78, 5) is 17.6. The van der Waals surface area contributed by atoms with Crippen molar-refractivity contribution in [1.82, 2.24) is 14.8 Å². The molecule has 26 heavy (non-hydrogen) atoms.